The average molecular weight is 212 g/mol. The highest BCUT2D eigenvalue weighted by Gasteiger charge is 2.04. The number of anilines is 1. The van der Waals surface area contributed by atoms with Gasteiger partial charge in [0.1, 0.15) is 5.01 Å². The first-order valence-corrected chi connectivity index (χ1v) is 5.42. The van der Waals surface area contributed by atoms with Gasteiger partial charge in [-0.3, -0.25) is 0 Å². The molecule has 2 heterocycles. The van der Waals surface area contributed by atoms with E-state index < -0.39 is 0 Å². The summed E-state index contributed by atoms with van der Waals surface area (Å²) in [7, 11) is 0. The van der Waals surface area contributed by atoms with Crippen LogP contribution in [0.5, 0.6) is 0 Å². The van der Waals surface area contributed by atoms with Crippen molar-refractivity contribution < 1.29 is 0 Å². The molecular formula is C7H8N4S2. The van der Waals surface area contributed by atoms with Crippen LogP contribution in [0.25, 0.3) is 0 Å². The molecule has 4 nitrogen and oxygen atoms in total. The molecule has 0 aliphatic carbocycles. The van der Waals surface area contributed by atoms with E-state index in [9.17, 15) is 0 Å². The normalized spacial score (nSPS) is 10.5. The van der Waals surface area contributed by atoms with Crippen LogP contribution in [0, 0.1) is 6.92 Å². The third-order valence-corrected chi connectivity index (χ3v) is 3.06. The Morgan fingerprint density at radius 3 is 2.85 bits per heavy atom. The van der Waals surface area contributed by atoms with E-state index in [4.69, 9.17) is 5.73 Å². The van der Waals surface area contributed by atoms with Crippen molar-refractivity contribution in [3.8, 4) is 0 Å². The molecule has 0 fully saturated rings. The van der Waals surface area contributed by atoms with E-state index in [1.165, 1.54) is 11.3 Å². The Morgan fingerprint density at radius 1 is 1.46 bits per heavy atom. The molecule has 2 N–H and O–H groups in total. The second kappa shape index (κ2) is 3.39. The van der Waals surface area contributed by atoms with Crippen molar-refractivity contribution in [2.45, 2.75) is 13.3 Å². The Bertz CT molecular complexity index is 368. The van der Waals surface area contributed by atoms with Gasteiger partial charge in [0.05, 0.1) is 10.7 Å². The van der Waals surface area contributed by atoms with Crippen LogP contribution in [-0.4, -0.2) is 15.2 Å². The lowest BCUT2D eigenvalue weighted by molar-refractivity contribution is 0.983. The van der Waals surface area contributed by atoms with Crippen molar-refractivity contribution in [2.24, 2.45) is 0 Å². The molecule has 0 aliphatic rings. The zero-order chi connectivity index (χ0) is 9.26. The first-order chi connectivity index (χ1) is 6.24. The maximum absolute atomic E-state index is 5.46. The number of nitrogens with zero attached hydrogens (tertiary/aromatic N) is 3. The smallest absolute Gasteiger partial charge is 0.203 e. The molecule has 2 aromatic heterocycles. The molecule has 0 saturated heterocycles. The standard InChI is InChI=1S/C7H8N4S2/c1-4-9-5(3-12-4)2-6-10-11-7(8)13-6/h3H,2H2,1H3,(H2,8,11). The molecule has 0 amide bonds. The number of hydrogen-bond donors (Lipinski definition) is 1. The number of aromatic nitrogens is 3. The first-order valence-electron chi connectivity index (χ1n) is 3.73. The summed E-state index contributed by atoms with van der Waals surface area (Å²) in [6.07, 6.45) is 0.735. The fourth-order valence-corrected chi connectivity index (χ4v) is 2.22. The van der Waals surface area contributed by atoms with Crippen molar-refractivity contribution in [1.29, 1.82) is 0 Å². The molecule has 2 aromatic rings. The van der Waals surface area contributed by atoms with Gasteiger partial charge in [-0.1, -0.05) is 11.3 Å². The predicted molar refractivity (Wildman–Crippen MR) is 54.0 cm³/mol. The van der Waals surface area contributed by atoms with Gasteiger partial charge in [-0.05, 0) is 6.92 Å². The summed E-state index contributed by atoms with van der Waals surface area (Å²) in [6, 6.07) is 0. The van der Waals surface area contributed by atoms with Gasteiger partial charge in [0.2, 0.25) is 5.13 Å². The topological polar surface area (TPSA) is 64.7 Å². The van der Waals surface area contributed by atoms with E-state index in [-0.39, 0.29) is 0 Å². The highest BCUT2D eigenvalue weighted by atomic mass is 32.1. The maximum Gasteiger partial charge on any atom is 0.203 e. The second-order valence-corrected chi connectivity index (χ2v) is 4.72. The highest BCUT2D eigenvalue weighted by molar-refractivity contribution is 7.15. The molecule has 13 heavy (non-hydrogen) atoms. The summed E-state index contributed by atoms with van der Waals surface area (Å²) in [6.45, 7) is 1.99. The first kappa shape index (κ1) is 8.58. The van der Waals surface area contributed by atoms with Crippen LogP contribution in [0.2, 0.25) is 0 Å². The van der Waals surface area contributed by atoms with E-state index in [2.05, 4.69) is 15.2 Å². The Kier molecular flexibility index (Phi) is 2.24. The molecule has 6 heteroatoms. The summed E-state index contributed by atoms with van der Waals surface area (Å²) in [5.74, 6) is 0. The predicted octanol–water partition coefficient (Wildman–Crippen LogP) is 1.48. The minimum Gasteiger partial charge on any atom is -0.374 e. The largest absolute Gasteiger partial charge is 0.374 e. The van der Waals surface area contributed by atoms with Gasteiger partial charge in [0.15, 0.2) is 0 Å². The van der Waals surface area contributed by atoms with Crippen LogP contribution in [0.3, 0.4) is 0 Å². The van der Waals surface area contributed by atoms with Crippen LogP contribution in [0.4, 0.5) is 5.13 Å². The minimum atomic E-state index is 0.516. The Balaban J connectivity index is 2.14. The third-order valence-electron chi connectivity index (χ3n) is 1.48. The van der Waals surface area contributed by atoms with Crippen molar-refractivity contribution >= 4 is 27.8 Å². The number of nitrogen functional groups attached to an aromatic ring is 1. The molecule has 0 bridgehead atoms. The van der Waals surface area contributed by atoms with Gasteiger partial charge in [-0.15, -0.1) is 21.5 Å². The molecule has 68 valence electrons. The van der Waals surface area contributed by atoms with E-state index in [0.29, 0.717) is 5.13 Å². The van der Waals surface area contributed by atoms with Gasteiger partial charge in [0, 0.05) is 11.8 Å². The monoisotopic (exact) mass is 212 g/mol. The second-order valence-electron chi connectivity index (χ2n) is 2.57. The molecule has 0 radical (unpaired) electrons. The number of aryl methyl sites for hydroxylation is 1. The molecule has 0 saturated carbocycles. The van der Waals surface area contributed by atoms with Crippen molar-refractivity contribution in [1.82, 2.24) is 15.2 Å². The fraction of sp³-hybridized carbons (Fsp3) is 0.286. The lowest BCUT2D eigenvalue weighted by atomic mass is 10.4. The lowest BCUT2D eigenvalue weighted by Gasteiger charge is -1.87. The fourth-order valence-electron chi connectivity index (χ4n) is 0.982. The van der Waals surface area contributed by atoms with Crippen molar-refractivity contribution in [3.05, 3.63) is 21.1 Å². The van der Waals surface area contributed by atoms with Crippen molar-refractivity contribution in [3.63, 3.8) is 0 Å². The summed E-state index contributed by atoms with van der Waals surface area (Å²) in [5.41, 5.74) is 6.50. The molecule has 2 rings (SSSR count). The zero-order valence-corrected chi connectivity index (χ0v) is 8.65. The summed E-state index contributed by atoms with van der Waals surface area (Å²) < 4.78 is 0. The minimum absolute atomic E-state index is 0.516. The van der Waals surface area contributed by atoms with Crippen LogP contribution in [-0.2, 0) is 6.42 Å². The number of rotatable bonds is 2. The molecule has 0 aliphatic heterocycles. The highest BCUT2D eigenvalue weighted by Crippen LogP contribution is 2.16. The molecule has 0 aromatic carbocycles. The SMILES string of the molecule is Cc1nc(Cc2nnc(N)s2)cs1. The molecular weight excluding hydrogens is 204 g/mol. The number of nitrogens with two attached hydrogens (primary N) is 1. The maximum atomic E-state index is 5.46. The zero-order valence-electron chi connectivity index (χ0n) is 7.02. The summed E-state index contributed by atoms with van der Waals surface area (Å²) in [5, 5.41) is 12.2. The van der Waals surface area contributed by atoms with Crippen LogP contribution in [0.15, 0.2) is 5.38 Å². The van der Waals surface area contributed by atoms with E-state index in [1.807, 2.05) is 12.3 Å². The summed E-state index contributed by atoms with van der Waals surface area (Å²) >= 11 is 3.06. The Morgan fingerprint density at radius 2 is 2.31 bits per heavy atom. The van der Waals surface area contributed by atoms with Gasteiger partial charge in [0.25, 0.3) is 0 Å². The number of thiazole rings is 1. The van der Waals surface area contributed by atoms with Gasteiger partial charge in [-0.2, -0.15) is 0 Å². The summed E-state index contributed by atoms with van der Waals surface area (Å²) in [4.78, 5) is 4.33. The average Bonchev–Trinajstić information content (AvgIpc) is 2.62. The van der Waals surface area contributed by atoms with Gasteiger partial charge >= 0.3 is 0 Å². The van der Waals surface area contributed by atoms with Crippen molar-refractivity contribution in [2.75, 3.05) is 5.73 Å². The van der Waals surface area contributed by atoms with Crippen LogP contribution in [0.1, 0.15) is 15.7 Å². The molecule has 0 spiro atoms. The van der Waals surface area contributed by atoms with E-state index >= 15 is 0 Å². The van der Waals surface area contributed by atoms with E-state index in [0.717, 1.165) is 22.1 Å². The van der Waals surface area contributed by atoms with Crippen LogP contribution >= 0.6 is 22.7 Å². The quantitative estimate of drug-likeness (QED) is 0.818. The third kappa shape index (κ3) is 2.02. The lowest BCUT2D eigenvalue weighted by Crippen LogP contribution is -1.87. The molecule has 0 atom stereocenters. The van der Waals surface area contributed by atoms with Gasteiger partial charge < -0.3 is 5.73 Å². The number of hydrogen-bond acceptors (Lipinski definition) is 6. The van der Waals surface area contributed by atoms with E-state index in [1.54, 1.807) is 11.3 Å². The molecule has 0 unspecified atom stereocenters. The van der Waals surface area contributed by atoms with Crippen LogP contribution < -0.4 is 5.73 Å². The van der Waals surface area contributed by atoms with Gasteiger partial charge in [-0.25, -0.2) is 4.98 Å². The Hall–Kier alpha value is -1.01. The Labute approximate surface area is 83.5 Å².